The molecule has 6 aromatic carbocycles. The lowest BCUT2D eigenvalue weighted by atomic mass is 10.1. The van der Waals surface area contributed by atoms with Crippen molar-refractivity contribution < 1.29 is 116 Å². The van der Waals surface area contributed by atoms with Gasteiger partial charge in [-0.1, -0.05) is 16.1 Å². The Morgan fingerprint density at radius 1 is 0.533 bits per heavy atom. The quantitative estimate of drug-likeness (QED) is 0.00760. The maximum atomic E-state index is 12.6. The number of ether oxygens (including phenoxy) is 2. The number of phenols is 2. The Morgan fingerprint density at radius 3 is 1.57 bits per heavy atom. The molecule has 0 spiro atoms. The summed E-state index contributed by atoms with van der Waals surface area (Å²) in [5.74, 6) is -3.27. The van der Waals surface area contributed by atoms with Crippen LogP contribution in [0.1, 0.15) is 0 Å². The van der Waals surface area contributed by atoms with Crippen molar-refractivity contribution in [3.8, 4) is 23.0 Å². The summed E-state index contributed by atoms with van der Waals surface area (Å²) in [6.45, 7) is -2.35. The number of fused-ring (bicyclic) bond motifs is 2. The summed E-state index contributed by atoms with van der Waals surface area (Å²) < 4.78 is 159. The molecule has 0 aliphatic rings. The zero-order valence-electron chi connectivity index (χ0n) is 36.3. The molecule has 0 saturated heterocycles. The Hall–Kier alpha value is -6.74. The van der Waals surface area contributed by atoms with E-state index < -0.39 is 175 Å². The Kier molecular flexibility index (Phi) is 18.0. The minimum atomic E-state index is -5.44. The molecule has 0 amide bonds. The third-order valence-corrected chi connectivity index (χ3v) is 14.1. The van der Waals surface area contributed by atoms with Crippen LogP contribution in [-0.4, -0.2) is 114 Å². The standard InChI is InChI=1S/C36H29N7O26S6/c44-5-7-64-24-15-23(25(65-8-6-45)14-22(24)38-40-32-20-12-18(72(52,53)54)13-26(70-68-66-50)19(20)2-4-28(32)73(55,56)57)39-41-33-27(71-69-67-51)9-16-10-30(75(61,62)63)34(36(47)31(16)35(33)46)42-37-21-3-1-17(43(48)49)11-29(21)74(58,59)60/h1-4,9-15,44-47,50-51H,5-8H2,(H,52,53,54)(H,55,56,57)(H,58,59,60)(H,61,62,63). The number of aliphatic hydroxyl groups excluding tert-OH is 2. The van der Waals surface area contributed by atoms with Crippen LogP contribution in [0, 0.1) is 10.1 Å². The molecule has 6 aromatic rings. The largest absolute Gasteiger partial charge is 0.505 e. The van der Waals surface area contributed by atoms with Crippen molar-refractivity contribution in [2.75, 3.05) is 26.4 Å². The van der Waals surface area contributed by atoms with Gasteiger partial charge in [0.15, 0.2) is 11.5 Å². The molecule has 0 heterocycles. The van der Waals surface area contributed by atoms with E-state index >= 15 is 0 Å². The van der Waals surface area contributed by atoms with E-state index in [-0.39, 0.29) is 34.4 Å². The number of hydrogen-bond acceptors (Lipinski definition) is 30. The maximum absolute atomic E-state index is 12.6. The Labute approximate surface area is 426 Å². The number of phenolic OH excluding ortho intramolecular Hbond substituents is 2. The monoisotopic (exact) mass is 1170 g/mol. The second-order valence-electron chi connectivity index (χ2n) is 14.0. The van der Waals surface area contributed by atoms with Gasteiger partial charge in [0.05, 0.1) is 57.4 Å². The van der Waals surface area contributed by atoms with Crippen LogP contribution in [0.15, 0.2) is 127 Å². The number of aromatic hydroxyl groups is 2. The third-order valence-electron chi connectivity index (χ3n) is 9.36. The lowest BCUT2D eigenvalue weighted by Crippen LogP contribution is -2.04. The lowest BCUT2D eigenvalue weighted by Gasteiger charge is -2.14. The smallest absolute Gasteiger partial charge is 0.297 e. The molecular formula is C36H29N7O26S6. The number of non-ortho nitro benzene ring substituents is 1. The van der Waals surface area contributed by atoms with Gasteiger partial charge in [-0.25, -0.2) is 10.5 Å². The van der Waals surface area contributed by atoms with Crippen molar-refractivity contribution >= 4 is 126 Å². The van der Waals surface area contributed by atoms with Gasteiger partial charge in [-0.05, 0) is 41.8 Å². The van der Waals surface area contributed by atoms with Crippen LogP contribution in [0.3, 0.4) is 0 Å². The van der Waals surface area contributed by atoms with Gasteiger partial charge >= 0.3 is 0 Å². The van der Waals surface area contributed by atoms with Crippen LogP contribution in [0.2, 0.25) is 0 Å². The second kappa shape index (κ2) is 23.4. The molecule has 10 N–H and O–H groups in total. The van der Waals surface area contributed by atoms with Crippen molar-refractivity contribution in [1.82, 2.24) is 0 Å². The SMILES string of the molecule is O=[N+]([O-])c1ccc(N=Nc2c(S(=O)(=O)O)cc3cc(SOOO)c(N=Nc4cc(OCCO)c(N=Nc5c(S(=O)(=O)O)ccc6c(SOOO)cc(S(=O)(=O)O)cc56)cc4OCCO)c(O)c3c2O)c(S(=O)(=O)O)c1. The Bertz CT molecular complexity index is 3810. The van der Waals surface area contributed by atoms with Crippen molar-refractivity contribution in [3.05, 3.63) is 76.8 Å². The van der Waals surface area contributed by atoms with Gasteiger partial charge in [-0.3, -0.25) is 28.3 Å². The number of azo groups is 3. The van der Waals surface area contributed by atoms with Gasteiger partial charge in [0.1, 0.15) is 73.5 Å². The predicted octanol–water partition coefficient (Wildman–Crippen LogP) is 7.14. The zero-order valence-corrected chi connectivity index (χ0v) is 41.2. The molecule has 0 saturated carbocycles. The first-order valence-electron chi connectivity index (χ1n) is 19.3. The summed E-state index contributed by atoms with van der Waals surface area (Å²) in [6, 6.07) is 8.71. The van der Waals surface area contributed by atoms with E-state index in [4.69, 9.17) is 20.0 Å². The van der Waals surface area contributed by atoms with E-state index in [9.17, 15) is 82.4 Å². The van der Waals surface area contributed by atoms with E-state index in [0.29, 0.717) is 18.2 Å². The number of benzene rings is 6. The van der Waals surface area contributed by atoms with Crippen LogP contribution < -0.4 is 9.47 Å². The Balaban J connectivity index is 1.57. The van der Waals surface area contributed by atoms with Crippen LogP contribution >= 0.6 is 24.1 Å². The van der Waals surface area contributed by atoms with Gasteiger partial charge in [0, 0.05) is 39.9 Å². The van der Waals surface area contributed by atoms with Gasteiger partial charge in [0.2, 0.25) is 0 Å². The molecule has 0 radical (unpaired) electrons. The molecule has 75 heavy (non-hydrogen) atoms. The summed E-state index contributed by atoms with van der Waals surface area (Å²) in [5, 5.41) is 99.9. The summed E-state index contributed by atoms with van der Waals surface area (Å²) in [6.07, 6.45) is 0. The van der Waals surface area contributed by atoms with Crippen molar-refractivity contribution in [3.63, 3.8) is 0 Å². The van der Waals surface area contributed by atoms with E-state index in [0.717, 1.165) is 48.5 Å². The molecule has 33 nitrogen and oxygen atoms in total. The summed E-state index contributed by atoms with van der Waals surface area (Å²) >= 11 is 0.261. The molecular weight excluding hydrogens is 1140 g/mol. The first-order chi connectivity index (χ1) is 35.2. The van der Waals surface area contributed by atoms with Crippen LogP contribution in [-0.2, 0) is 59.2 Å². The average Bonchev–Trinajstić information content (AvgIpc) is 3.33. The first kappa shape index (κ1) is 57.5. The zero-order chi connectivity index (χ0) is 55.2. The van der Waals surface area contributed by atoms with Gasteiger partial charge in [-0.15, -0.1) is 39.4 Å². The minimum Gasteiger partial charge on any atom is -0.505 e. The van der Waals surface area contributed by atoms with E-state index in [1.54, 1.807) is 0 Å². The van der Waals surface area contributed by atoms with Crippen molar-refractivity contribution in [1.29, 1.82) is 0 Å². The average molecular weight is 1170 g/mol. The van der Waals surface area contributed by atoms with E-state index in [1.807, 2.05) is 0 Å². The summed E-state index contributed by atoms with van der Waals surface area (Å²) in [7, 11) is -21.1. The fraction of sp³-hybridized carbons (Fsp3) is 0.111. The Morgan fingerprint density at radius 2 is 1.05 bits per heavy atom. The lowest BCUT2D eigenvalue weighted by molar-refractivity contribution is -0.432. The topological polar surface area (TPSA) is 512 Å². The summed E-state index contributed by atoms with van der Waals surface area (Å²) in [5.41, 5.74) is -5.28. The molecule has 0 unspecified atom stereocenters. The molecule has 39 heteroatoms. The fourth-order valence-corrected chi connectivity index (χ4v) is 9.93. The first-order valence-corrected chi connectivity index (χ1v) is 26.5. The minimum absolute atomic E-state index is 0.0711. The van der Waals surface area contributed by atoms with Crippen LogP contribution in [0.4, 0.5) is 39.8 Å². The highest BCUT2D eigenvalue weighted by atomic mass is 32.2. The molecule has 0 aliphatic heterocycles. The number of nitro groups is 1. The number of nitro benzene ring substituents is 1. The van der Waals surface area contributed by atoms with Gasteiger partial charge in [0.25, 0.3) is 46.2 Å². The molecule has 0 aliphatic carbocycles. The van der Waals surface area contributed by atoms with Crippen molar-refractivity contribution in [2.45, 2.75) is 29.4 Å². The van der Waals surface area contributed by atoms with E-state index in [2.05, 4.69) is 49.4 Å². The molecule has 0 atom stereocenters. The van der Waals surface area contributed by atoms with Crippen LogP contribution in [0.5, 0.6) is 23.0 Å². The van der Waals surface area contributed by atoms with Gasteiger partial charge < -0.3 is 29.9 Å². The molecule has 0 bridgehead atoms. The number of nitrogens with zero attached hydrogens (tertiary/aromatic N) is 7. The van der Waals surface area contributed by atoms with Crippen molar-refractivity contribution in [2.24, 2.45) is 30.7 Å². The van der Waals surface area contributed by atoms with E-state index in [1.165, 1.54) is 0 Å². The predicted molar refractivity (Wildman–Crippen MR) is 249 cm³/mol. The number of rotatable bonds is 23. The second-order valence-corrected chi connectivity index (χ2v) is 21.0. The fourth-order valence-electron chi connectivity index (χ4n) is 6.34. The number of hydrogen-bond donors (Lipinski definition) is 10. The number of aliphatic hydroxyl groups is 2. The molecule has 400 valence electrons. The highest BCUT2D eigenvalue weighted by molar-refractivity contribution is 7.95. The van der Waals surface area contributed by atoms with Gasteiger partial charge in [-0.2, -0.15) is 33.7 Å². The highest BCUT2D eigenvalue weighted by Gasteiger charge is 2.29. The molecule has 6 rings (SSSR count). The normalized spacial score (nSPS) is 12.7. The third kappa shape index (κ3) is 13.4. The summed E-state index contributed by atoms with van der Waals surface area (Å²) in [4.78, 5) is 5.27. The highest BCUT2D eigenvalue weighted by Crippen LogP contribution is 2.52. The van der Waals surface area contributed by atoms with Crippen LogP contribution in [0.25, 0.3) is 21.5 Å². The molecule has 0 aromatic heterocycles. The molecule has 0 fully saturated rings. The maximum Gasteiger partial charge on any atom is 0.297 e.